The van der Waals surface area contributed by atoms with E-state index in [0.717, 1.165) is 4.47 Å². The van der Waals surface area contributed by atoms with E-state index in [9.17, 15) is 0 Å². The lowest BCUT2D eigenvalue weighted by molar-refractivity contribution is 0.171. The summed E-state index contributed by atoms with van der Waals surface area (Å²) in [5, 5.41) is 5.28. The van der Waals surface area contributed by atoms with Crippen LogP contribution in [0.1, 0.15) is 10.9 Å². The van der Waals surface area contributed by atoms with Crippen molar-refractivity contribution in [2.75, 3.05) is 20.8 Å². The van der Waals surface area contributed by atoms with Crippen molar-refractivity contribution in [3.05, 3.63) is 20.8 Å². The lowest BCUT2D eigenvalue weighted by Gasteiger charge is -2.12. The molecule has 0 saturated carbocycles. The summed E-state index contributed by atoms with van der Waals surface area (Å²) in [7, 11) is 3.66. The molecule has 0 amide bonds. The highest BCUT2D eigenvalue weighted by Crippen LogP contribution is 2.25. The monoisotopic (exact) mass is 249 g/mol. The molecule has 0 aliphatic heterocycles. The predicted molar refractivity (Wildman–Crippen MR) is 55.7 cm³/mol. The fourth-order valence-corrected chi connectivity index (χ4v) is 2.53. The van der Waals surface area contributed by atoms with Gasteiger partial charge >= 0.3 is 0 Å². The van der Waals surface area contributed by atoms with Crippen LogP contribution in [0.15, 0.2) is 15.9 Å². The summed E-state index contributed by atoms with van der Waals surface area (Å²) in [6.45, 7) is 0.712. The highest BCUT2D eigenvalue weighted by Gasteiger charge is 2.10. The van der Waals surface area contributed by atoms with E-state index in [2.05, 4.69) is 32.7 Å². The first-order chi connectivity index (χ1) is 5.77. The molecule has 0 radical (unpaired) electrons. The number of ether oxygens (including phenoxy) is 1. The van der Waals surface area contributed by atoms with Crippen LogP contribution in [0, 0.1) is 0 Å². The van der Waals surface area contributed by atoms with Crippen molar-refractivity contribution < 1.29 is 4.74 Å². The normalized spacial score (nSPS) is 13.2. The van der Waals surface area contributed by atoms with Gasteiger partial charge in [-0.1, -0.05) is 0 Å². The Kier molecular flexibility index (Phi) is 4.21. The number of nitrogens with one attached hydrogen (secondary N) is 1. The van der Waals surface area contributed by atoms with Crippen LogP contribution in [0.5, 0.6) is 0 Å². The number of thiophene rings is 1. The van der Waals surface area contributed by atoms with Crippen molar-refractivity contribution in [3.63, 3.8) is 0 Å². The molecule has 68 valence electrons. The largest absolute Gasteiger partial charge is 0.383 e. The van der Waals surface area contributed by atoms with Crippen LogP contribution in [0.4, 0.5) is 0 Å². The Morgan fingerprint density at radius 2 is 2.50 bits per heavy atom. The second-order valence-electron chi connectivity index (χ2n) is 2.46. The Morgan fingerprint density at radius 3 is 2.92 bits per heavy atom. The third-order valence-electron chi connectivity index (χ3n) is 1.61. The second kappa shape index (κ2) is 4.97. The molecule has 0 fully saturated rings. The fraction of sp³-hybridized carbons (Fsp3) is 0.500. The van der Waals surface area contributed by atoms with Gasteiger partial charge in [-0.2, -0.15) is 0 Å². The minimum atomic E-state index is 0.311. The number of methoxy groups -OCH3 is 1. The highest BCUT2D eigenvalue weighted by molar-refractivity contribution is 9.10. The van der Waals surface area contributed by atoms with Crippen molar-refractivity contribution in [2.45, 2.75) is 6.04 Å². The third-order valence-corrected chi connectivity index (χ3v) is 3.42. The van der Waals surface area contributed by atoms with Gasteiger partial charge in [0.15, 0.2) is 0 Å². The number of halogens is 1. The standard InChI is InChI=1S/C8H12BrNOS/c1-10-7(4-11-2)8-3-6(9)5-12-8/h3,5,7,10H,4H2,1-2H3. The Morgan fingerprint density at radius 1 is 1.75 bits per heavy atom. The molecule has 0 aromatic carbocycles. The molecule has 1 aromatic heterocycles. The molecule has 1 atom stereocenters. The van der Waals surface area contributed by atoms with Crippen LogP contribution in [0.2, 0.25) is 0 Å². The molecule has 0 spiro atoms. The molecule has 0 saturated heterocycles. The SMILES string of the molecule is CNC(COC)c1cc(Br)cs1. The molecule has 1 rings (SSSR count). The third kappa shape index (κ3) is 2.55. The molecule has 12 heavy (non-hydrogen) atoms. The molecule has 0 aliphatic carbocycles. The van der Waals surface area contributed by atoms with Crippen molar-refractivity contribution in [1.82, 2.24) is 5.32 Å². The molecule has 1 heterocycles. The molecule has 4 heteroatoms. The minimum Gasteiger partial charge on any atom is -0.383 e. The molecular weight excluding hydrogens is 238 g/mol. The first-order valence-corrected chi connectivity index (χ1v) is 5.35. The van der Waals surface area contributed by atoms with Gasteiger partial charge in [-0.25, -0.2) is 0 Å². The molecule has 1 aromatic rings. The quantitative estimate of drug-likeness (QED) is 0.886. The summed E-state index contributed by atoms with van der Waals surface area (Å²) in [5.41, 5.74) is 0. The molecule has 0 bridgehead atoms. The minimum absolute atomic E-state index is 0.311. The summed E-state index contributed by atoms with van der Waals surface area (Å²) in [4.78, 5) is 1.30. The summed E-state index contributed by atoms with van der Waals surface area (Å²) in [6, 6.07) is 2.43. The van der Waals surface area contributed by atoms with Crippen LogP contribution in [-0.4, -0.2) is 20.8 Å². The van der Waals surface area contributed by atoms with E-state index in [0.29, 0.717) is 12.6 Å². The number of hydrogen-bond acceptors (Lipinski definition) is 3. The van der Waals surface area contributed by atoms with Crippen LogP contribution in [0.3, 0.4) is 0 Å². The first-order valence-electron chi connectivity index (χ1n) is 3.68. The van der Waals surface area contributed by atoms with E-state index in [1.54, 1.807) is 18.4 Å². The van der Waals surface area contributed by atoms with E-state index in [1.165, 1.54) is 4.88 Å². The average Bonchev–Trinajstić information content (AvgIpc) is 2.47. The average molecular weight is 250 g/mol. The molecular formula is C8H12BrNOS. The van der Waals surface area contributed by atoms with Crippen molar-refractivity contribution in [2.24, 2.45) is 0 Å². The number of hydrogen-bond donors (Lipinski definition) is 1. The number of likely N-dealkylation sites (N-methyl/N-ethyl adjacent to an activating group) is 1. The van der Waals surface area contributed by atoms with Gasteiger partial charge in [0.1, 0.15) is 0 Å². The lowest BCUT2D eigenvalue weighted by Crippen LogP contribution is -2.19. The van der Waals surface area contributed by atoms with E-state index in [4.69, 9.17) is 4.74 Å². The van der Waals surface area contributed by atoms with Gasteiger partial charge in [0.05, 0.1) is 12.6 Å². The van der Waals surface area contributed by atoms with Gasteiger partial charge in [-0.3, -0.25) is 0 Å². The summed E-state index contributed by atoms with van der Waals surface area (Å²) < 4.78 is 6.23. The zero-order chi connectivity index (χ0) is 8.97. The first kappa shape index (κ1) is 10.2. The van der Waals surface area contributed by atoms with Gasteiger partial charge in [-0.05, 0) is 29.0 Å². The Labute approximate surface area is 85.1 Å². The maximum Gasteiger partial charge on any atom is 0.0665 e. The zero-order valence-corrected chi connectivity index (χ0v) is 9.54. The predicted octanol–water partition coefficient (Wildman–Crippen LogP) is 2.42. The van der Waals surface area contributed by atoms with Gasteiger partial charge in [0, 0.05) is 21.8 Å². The van der Waals surface area contributed by atoms with E-state index in [1.807, 2.05) is 7.05 Å². The molecule has 1 N–H and O–H groups in total. The van der Waals surface area contributed by atoms with Gasteiger partial charge in [0.2, 0.25) is 0 Å². The molecule has 0 aliphatic rings. The van der Waals surface area contributed by atoms with E-state index >= 15 is 0 Å². The summed E-state index contributed by atoms with van der Waals surface area (Å²) in [5.74, 6) is 0. The zero-order valence-electron chi connectivity index (χ0n) is 7.13. The van der Waals surface area contributed by atoms with Crippen molar-refractivity contribution in [3.8, 4) is 0 Å². The Balaban J connectivity index is 2.66. The van der Waals surface area contributed by atoms with Crippen LogP contribution >= 0.6 is 27.3 Å². The Bertz CT molecular complexity index is 239. The van der Waals surface area contributed by atoms with E-state index in [-0.39, 0.29) is 0 Å². The van der Waals surface area contributed by atoms with Crippen LogP contribution in [-0.2, 0) is 4.74 Å². The van der Waals surface area contributed by atoms with Crippen LogP contribution < -0.4 is 5.32 Å². The van der Waals surface area contributed by atoms with Crippen LogP contribution in [0.25, 0.3) is 0 Å². The van der Waals surface area contributed by atoms with E-state index < -0.39 is 0 Å². The van der Waals surface area contributed by atoms with Gasteiger partial charge in [0.25, 0.3) is 0 Å². The Hall–Kier alpha value is 0.1000. The van der Waals surface area contributed by atoms with Gasteiger partial charge < -0.3 is 10.1 Å². The summed E-state index contributed by atoms with van der Waals surface area (Å²) in [6.07, 6.45) is 0. The summed E-state index contributed by atoms with van der Waals surface area (Å²) >= 11 is 5.16. The highest BCUT2D eigenvalue weighted by atomic mass is 79.9. The fourth-order valence-electron chi connectivity index (χ4n) is 0.985. The second-order valence-corrected chi connectivity index (χ2v) is 4.32. The van der Waals surface area contributed by atoms with Gasteiger partial charge in [-0.15, -0.1) is 11.3 Å². The maximum absolute atomic E-state index is 5.09. The lowest BCUT2D eigenvalue weighted by atomic mass is 10.2. The maximum atomic E-state index is 5.09. The smallest absolute Gasteiger partial charge is 0.0665 e. The van der Waals surface area contributed by atoms with Crippen molar-refractivity contribution >= 4 is 27.3 Å². The molecule has 2 nitrogen and oxygen atoms in total. The topological polar surface area (TPSA) is 21.3 Å². The van der Waals surface area contributed by atoms with Crippen molar-refractivity contribution in [1.29, 1.82) is 0 Å². The number of rotatable bonds is 4. The molecule has 1 unspecified atom stereocenters.